The summed E-state index contributed by atoms with van der Waals surface area (Å²) in [6, 6.07) is 8.83. The maximum atomic E-state index is 11.5. The first-order valence-electron chi connectivity index (χ1n) is 6.15. The van der Waals surface area contributed by atoms with Crippen molar-refractivity contribution in [3.8, 4) is 0 Å². The molecule has 0 aliphatic heterocycles. The number of hydrogen-bond acceptors (Lipinski definition) is 3. The zero-order valence-electron chi connectivity index (χ0n) is 10.3. The lowest BCUT2D eigenvalue weighted by Gasteiger charge is -2.10. The molecule has 0 fully saturated rings. The Hall–Kier alpha value is -1.35. The Morgan fingerprint density at radius 1 is 1.24 bits per heavy atom. The van der Waals surface area contributed by atoms with E-state index < -0.39 is 12.1 Å². The lowest BCUT2D eigenvalue weighted by Crippen LogP contribution is -2.16. The molecule has 1 rings (SSSR count). The molecule has 17 heavy (non-hydrogen) atoms. The van der Waals surface area contributed by atoms with E-state index in [1.165, 1.54) is 0 Å². The first-order chi connectivity index (χ1) is 8.25. The van der Waals surface area contributed by atoms with Gasteiger partial charge in [0.2, 0.25) is 0 Å². The third kappa shape index (κ3) is 5.00. The molecule has 0 bridgehead atoms. The second kappa shape index (κ2) is 7.85. The minimum atomic E-state index is -1.16. The SMILES string of the molecule is CCCCCCOC(=O)[C@H](O)c1ccccc1. The molecule has 0 radical (unpaired) electrons. The fourth-order valence-electron chi connectivity index (χ4n) is 1.55. The number of ether oxygens (including phenoxy) is 1. The summed E-state index contributed by atoms with van der Waals surface area (Å²) >= 11 is 0. The topological polar surface area (TPSA) is 46.5 Å². The number of rotatable bonds is 7. The third-order valence-corrected chi connectivity index (χ3v) is 2.58. The summed E-state index contributed by atoms with van der Waals surface area (Å²) in [6.07, 6.45) is 3.06. The van der Waals surface area contributed by atoms with Gasteiger partial charge in [0.25, 0.3) is 0 Å². The van der Waals surface area contributed by atoms with Crippen molar-refractivity contribution >= 4 is 5.97 Å². The highest BCUT2D eigenvalue weighted by molar-refractivity contribution is 5.76. The Morgan fingerprint density at radius 3 is 2.59 bits per heavy atom. The zero-order valence-corrected chi connectivity index (χ0v) is 10.3. The van der Waals surface area contributed by atoms with Gasteiger partial charge in [0.05, 0.1) is 6.61 Å². The predicted octanol–water partition coefficient (Wildman–Crippen LogP) is 2.84. The minimum absolute atomic E-state index is 0.392. The molecule has 1 aromatic carbocycles. The molecule has 0 saturated heterocycles. The van der Waals surface area contributed by atoms with Crippen molar-refractivity contribution in [1.82, 2.24) is 0 Å². The van der Waals surface area contributed by atoms with Gasteiger partial charge in [-0.3, -0.25) is 0 Å². The molecule has 3 heteroatoms. The normalized spacial score (nSPS) is 12.1. The quantitative estimate of drug-likeness (QED) is 0.585. The van der Waals surface area contributed by atoms with Crippen molar-refractivity contribution in [3.05, 3.63) is 35.9 Å². The number of hydrogen-bond donors (Lipinski definition) is 1. The van der Waals surface area contributed by atoms with E-state index in [9.17, 15) is 9.90 Å². The van der Waals surface area contributed by atoms with Crippen LogP contribution in [0.1, 0.15) is 44.3 Å². The predicted molar refractivity (Wildman–Crippen MR) is 66.5 cm³/mol. The van der Waals surface area contributed by atoms with Crippen LogP contribution in [0.25, 0.3) is 0 Å². The van der Waals surface area contributed by atoms with Gasteiger partial charge in [-0.15, -0.1) is 0 Å². The molecule has 0 amide bonds. The molecular weight excluding hydrogens is 216 g/mol. The smallest absolute Gasteiger partial charge is 0.339 e. The van der Waals surface area contributed by atoms with E-state index in [1.807, 2.05) is 6.07 Å². The third-order valence-electron chi connectivity index (χ3n) is 2.58. The zero-order chi connectivity index (χ0) is 12.5. The molecule has 1 atom stereocenters. The number of carbonyl (C=O) groups is 1. The fraction of sp³-hybridized carbons (Fsp3) is 0.500. The molecule has 94 valence electrons. The van der Waals surface area contributed by atoms with Gasteiger partial charge >= 0.3 is 5.97 Å². The second-order valence-electron chi connectivity index (χ2n) is 4.04. The number of carbonyl (C=O) groups excluding carboxylic acids is 1. The molecule has 0 aliphatic carbocycles. The minimum Gasteiger partial charge on any atom is -0.464 e. The Labute approximate surface area is 102 Å². The van der Waals surface area contributed by atoms with Gasteiger partial charge in [-0.25, -0.2) is 4.79 Å². The Morgan fingerprint density at radius 2 is 1.94 bits per heavy atom. The van der Waals surface area contributed by atoms with Crippen molar-refractivity contribution in [2.45, 2.75) is 38.7 Å². The molecule has 0 spiro atoms. The molecule has 0 unspecified atom stereocenters. The molecule has 0 aromatic heterocycles. The Kier molecular flexibility index (Phi) is 6.33. The summed E-state index contributed by atoms with van der Waals surface area (Å²) in [7, 11) is 0. The Balaban J connectivity index is 2.28. The van der Waals surface area contributed by atoms with E-state index in [0.717, 1.165) is 25.7 Å². The molecular formula is C14H20O3. The van der Waals surface area contributed by atoms with Crippen LogP contribution in [-0.4, -0.2) is 17.7 Å². The average Bonchev–Trinajstić information content (AvgIpc) is 2.38. The van der Waals surface area contributed by atoms with E-state index in [1.54, 1.807) is 24.3 Å². The number of esters is 1. The van der Waals surface area contributed by atoms with Crippen LogP contribution in [0.2, 0.25) is 0 Å². The van der Waals surface area contributed by atoms with E-state index >= 15 is 0 Å². The summed E-state index contributed by atoms with van der Waals surface area (Å²) in [5.74, 6) is -0.562. The lowest BCUT2D eigenvalue weighted by atomic mass is 10.1. The Bertz CT molecular complexity index is 321. The summed E-state index contributed by atoms with van der Waals surface area (Å²) < 4.78 is 5.02. The number of unbranched alkanes of at least 4 members (excludes halogenated alkanes) is 3. The fourth-order valence-corrected chi connectivity index (χ4v) is 1.55. The van der Waals surface area contributed by atoms with Crippen LogP contribution in [0.3, 0.4) is 0 Å². The van der Waals surface area contributed by atoms with Gasteiger partial charge in [-0.05, 0) is 12.0 Å². The van der Waals surface area contributed by atoms with Crippen molar-refractivity contribution < 1.29 is 14.6 Å². The van der Waals surface area contributed by atoms with Crippen LogP contribution in [0.5, 0.6) is 0 Å². The maximum absolute atomic E-state index is 11.5. The van der Waals surface area contributed by atoms with Crippen LogP contribution in [0.4, 0.5) is 0 Å². The number of benzene rings is 1. The molecule has 1 N–H and O–H groups in total. The van der Waals surface area contributed by atoms with Gasteiger partial charge in [-0.2, -0.15) is 0 Å². The van der Waals surface area contributed by atoms with Crippen molar-refractivity contribution in [3.63, 3.8) is 0 Å². The first-order valence-corrected chi connectivity index (χ1v) is 6.15. The van der Waals surface area contributed by atoms with Gasteiger partial charge < -0.3 is 9.84 Å². The highest BCUT2D eigenvalue weighted by Gasteiger charge is 2.17. The monoisotopic (exact) mass is 236 g/mol. The van der Waals surface area contributed by atoms with Crippen LogP contribution in [0.15, 0.2) is 30.3 Å². The van der Waals surface area contributed by atoms with Gasteiger partial charge in [0.15, 0.2) is 6.10 Å². The van der Waals surface area contributed by atoms with E-state index in [4.69, 9.17) is 4.74 Å². The largest absolute Gasteiger partial charge is 0.464 e. The highest BCUT2D eigenvalue weighted by Crippen LogP contribution is 2.13. The molecule has 0 heterocycles. The first kappa shape index (κ1) is 13.7. The van der Waals surface area contributed by atoms with E-state index in [2.05, 4.69) is 6.92 Å². The van der Waals surface area contributed by atoms with Crippen LogP contribution < -0.4 is 0 Å². The molecule has 1 aromatic rings. The summed E-state index contributed by atoms with van der Waals surface area (Å²) in [6.45, 7) is 2.52. The van der Waals surface area contributed by atoms with E-state index in [0.29, 0.717) is 12.2 Å². The van der Waals surface area contributed by atoms with Gasteiger partial charge in [-0.1, -0.05) is 56.5 Å². The van der Waals surface area contributed by atoms with Crippen molar-refractivity contribution in [2.75, 3.05) is 6.61 Å². The molecule has 0 aliphatic rings. The lowest BCUT2D eigenvalue weighted by molar-refractivity contribution is -0.154. The van der Waals surface area contributed by atoms with Crippen LogP contribution in [0, 0.1) is 0 Å². The second-order valence-corrected chi connectivity index (χ2v) is 4.04. The molecule has 0 saturated carbocycles. The van der Waals surface area contributed by atoms with Crippen molar-refractivity contribution in [2.24, 2.45) is 0 Å². The van der Waals surface area contributed by atoms with Gasteiger partial charge in [0, 0.05) is 0 Å². The maximum Gasteiger partial charge on any atom is 0.339 e. The van der Waals surface area contributed by atoms with E-state index in [-0.39, 0.29) is 0 Å². The summed E-state index contributed by atoms with van der Waals surface area (Å²) in [5, 5.41) is 9.72. The number of aliphatic hydroxyl groups excluding tert-OH is 1. The van der Waals surface area contributed by atoms with Crippen LogP contribution >= 0.6 is 0 Å². The summed E-state index contributed by atoms with van der Waals surface area (Å²) in [4.78, 5) is 11.5. The van der Waals surface area contributed by atoms with Gasteiger partial charge in [0.1, 0.15) is 0 Å². The van der Waals surface area contributed by atoms with Crippen molar-refractivity contribution in [1.29, 1.82) is 0 Å². The molecule has 3 nitrogen and oxygen atoms in total. The number of aliphatic hydroxyl groups is 1. The standard InChI is InChI=1S/C14H20O3/c1-2-3-4-8-11-17-14(16)13(15)12-9-6-5-7-10-12/h5-7,9-10,13,15H,2-4,8,11H2,1H3/t13-/m1/s1. The highest BCUT2D eigenvalue weighted by atomic mass is 16.5. The average molecular weight is 236 g/mol. The summed E-state index contributed by atoms with van der Waals surface area (Å²) in [5.41, 5.74) is 0.575. The van der Waals surface area contributed by atoms with Crippen LogP contribution in [-0.2, 0) is 9.53 Å².